The summed E-state index contributed by atoms with van der Waals surface area (Å²) in [4.78, 5) is 4.12. The van der Waals surface area contributed by atoms with E-state index in [1.54, 1.807) is 23.9 Å². The van der Waals surface area contributed by atoms with E-state index < -0.39 is 11.6 Å². The molecule has 0 saturated carbocycles. The van der Waals surface area contributed by atoms with Crippen molar-refractivity contribution in [3.8, 4) is 0 Å². The molecule has 5 nitrogen and oxygen atoms in total. The van der Waals surface area contributed by atoms with Crippen molar-refractivity contribution in [2.75, 3.05) is 10.6 Å². The van der Waals surface area contributed by atoms with Gasteiger partial charge < -0.3 is 10.6 Å². The minimum absolute atomic E-state index is 0.180. The van der Waals surface area contributed by atoms with Gasteiger partial charge in [0.15, 0.2) is 0 Å². The number of hydrogen-bond donors (Lipinski definition) is 2. The summed E-state index contributed by atoms with van der Waals surface area (Å²) in [6.07, 6.45) is 1.47. The zero-order chi connectivity index (χ0) is 16.2. The second-order valence-corrected chi connectivity index (χ2v) is 4.92. The van der Waals surface area contributed by atoms with Gasteiger partial charge in [0.1, 0.15) is 29.5 Å². The predicted molar refractivity (Wildman–Crippen MR) is 84.4 cm³/mol. The van der Waals surface area contributed by atoms with Gasteiger partial charge in [-0.2, -0.15) is 5.10 Å². The van der Waals surface area contributed by atoms with Gasteiger partial charge in [0.2, 0.25) is 0 Å². The molecular formula is C16H15F2N5. The number of halogens is 2. The first-order valence-electron chi connectivity index (χ1n) is 7.02. The lowest BCUT2D eigenvalue weighted by molar-refractivity contribution is 0.591. The van der Waals surface area contributed by atoms with Crippen molar-refractivity contribution in [3.63, 3.8) is 0 Å². The second kappa shape index (κ2) is 6.43. The quantitative estimate of drug-likeness (QED) is 0.757. The third kappa shape index (κ3) is 3.28. The van der Waals surface area contributed by atoms with Crippen LogP contribution in [0.5, 0.6) is 0 Å². The van der Waals surface area contributed by atoms with E-state index in [-0.39, 0.29) is 5.69 Å². The molecule has 0 fully saturated rings. The lowest BCUT2D eigenvalue weighted by atomic mass is 10.2. The van der Waals surface area contributed by atoms with Crippen LogP contribution in [0.1, 0.15) is 5.82 Å². The normalized spacial score (nSPS) is 10.6. The molecule has 0 aliphatic rings. The fourth-order valence-electron chi connectivity index (χ4n) is 2.15. The van der Waals surface area contributed by atoms with Crippen LogP contribution in [0.15, 0.2) is 48.8 Å². The smallest absolute Gasteiger partial charge is 0.149 e. The first-order valence-corrected chi connectivity index (χ1v) is 7.02. The summed E-state index contributed by atoms with van der Waals surface area (Å²) in [6.45, 7) is 0.439. The number of benzene rings is 2. The van der Waals surface area contributed by atoms with Gasteiger partial charge in [-0.15, -0.1) is 0 Å². The van der Waals surface area contributed by atoms with E-state index in [4.69, 9.17) is 0 Å². The largest absolute Gasteiger partial charge is 0.376 e. The van der Waals surface area contributed by atoms with Gasteiger partial charge in [0, 0.05) is 7.05 Å². The third-order valence-electron chi connectivity index (χ3n) is 3.39. The van der Waals surface area contributed by atoms with Crippen LogP contribution in [-0.4, -0.2) is 14.8 Å². The molecule has 2 aromatic carbocycles. The summed E-state index contributed by atoms with van der Waals surface area (Å²) < 4.78 is 29.2. The van der Waals surface area contributed by atoms with Crippen LogP contribution in [0, 0.1) is 11.6 Å². The minimum atomic E-state index is -0.645. The molecule has 3 aromatic rings. The van der Waals surface area contributed by atoms with Gasteiger partial charge in [0.05, 0.1) is 17.9 Å². The molecule has 0 aliphatic carbocycles. The van der Waals surface area contributed by atoms with E-state index in [1.165, 1.54) is 24.5 Å². The Morgan fingerprint density at radius 3 is 2.35 bits per heavy atom. The number of aromatic nitrogens is 3. The number of hydrogen-bond acceptors (Lipinski definition) is 4. The molecule has 0 radical (unpaired) electrons. The fourth-order valence-corrected chi connectivity index (χ4v) is 2.15. The minimum Gasteiger partial charge on any atom is -0.376 e. The van der Waals surface area contributed by atoms with Crippen LogP contribution < -0.4 is 10.6 Å². The molecule has 0 spiro atoms. The highest BCUT2D eigenvalue weighted by molar-refractivity contribution is 5.74. The van der Waals surface area contributed by atoms with Crippen LogP contribution in [-0.2, 0) is 13.6 Å². The maximum absolute atomic E-state index is 13.8. The summed E-state index contributed by atoms with van der Waals surface area (Å²) in [5, 5.41) is 9.98. The molecule has 7 heteroatoms. The van der Waals surface area contributed by atoms with Gasteiger partial charge in [-0.3, -0.25) is 4.68 Å². The summed E-state index contributed by atoms with van der Waals surface area (Å²) in [7, 11) is 1.79. The van der Waals surface area contributed by atoms with Crippen LogP contribution in [0.25, 0.3) is 0 Å². The number of anilines is 3. The summed E-state index contributed by atoms with van der Waals surface area (Å²) >= 11 is 0. The molecule has 0 amide bonds. The molecule has 0 bridgehead atoms. The van der Waals surface area contributed by atoms with Gasteiger partial charge in [0.25, 0.3) is 0 Å². The molecule has 0 aliphatic heterocycles. The zero-order valence-electron chi connectivity index (χ0n) is 12.4. The van der Waals surface area contributed by atoms with Crippen molar-refractivity contribution in [2.24, 2.45) is 7.05 Å². The van der Waals surface area contributed by atoms with E-state index >= 15 is 0 Å². The Bertz CT molecular complexity index is 795. The molecule has 3 rings (SSSR count). The standard InChI is InChI=1S/C16H15F2N5/c1-23-15(20-10-21-23)9-19-13-7-2-3-8-14(13)22-16-11(17)5-4-6-12(16)18/h2-8,10,19,22H,9H2,1H3. The van der Waals surface area contributed by atoms with E-state index in [0.29, 0.717) is 17.9 Å². The molecule has 118 valence electrons. The third-order valence-corrected chi connectivity index (χ3v) is 3.39. The molecule has 1 aromatic heterocycles. The predicted octanol–water partition coefficient (Wildman–Crippen LogP) is 3.45. The van der Waals surface area contributed by atoms with Crippen molar-refractivity contribution in [2.45, 2.75) is 6.54 Å². The Balaban J connectivity index is 1.82. The Kier molecular flexibility index (Phi) is 4.18. The van der Waals surface area contributed by atoms with Crippen molar-refractivity contribution in [1.29, 1.82) is 0 Å². The van der Waals surface area contributed by atoms with Crippen LogP contribution in [0.4, 0.5) is 25.8 Å². The maximum Gasteiger partial charge on any atom is 0.149 e. The molecule has 0 saturated heterocycles. The lowest BCUT2D eigenvalue weighted by Gasteiger charge is -2.14. The van der Waals surface area contributed by atoms with Crippen molar-refractivity contribution in [1.82, 2.24) is 14.8 Å². The summed E-state index contributed by atoms with van der Waals surface area (Å²) in [6, 6.07) is 10.9. The average Bonchev–Trinajstić information content (AvgIpc) is 2.95. The molecular weight excluding hydrogens is 300 g/mol. The lowest BCUT2D eigenvalue weighted by Crippen LogP contribution is -2.08. The summed E-state index contributed by atoms with van der Waals surface area (Å²) in [5.74, 6) is -0.543. The number of aryl methyl sites for hydroxylation is 1. The van der Waals surface area contributed by atoms with E-state index in [9.17, 15) is 8.78 Å². The highest BCUT2D eigenvalue weighted by Crippen LogP contribution is 2.28. The van der Waals surface area contributed by atoms with Gasteiger partial charge in [-0.25, -0.2) is 13.8 Å². The molecule has 23 heavy (non-hydrogen) atoms. The SMILES string of the molecule is Cn1ncnc1CNc1ccccc1Nc1c(F)cccc1F. The number of rotatable bonds is 5. The fraction of sp³-hybridized carbons (Fsp3) is 0.125. The van der Waals surface area contributed by atoms with Crippen LogP contribution >= 0.6 is 0 Å². The van der Waals surface area contributed by atoms with E-state index in [2.05, 4.69) is 20.7 Å². The maximum atomic E-state index is 13.8. The van der Waals surface area contributed by atoms with Gasteiger partial charge >= 0.3 is 0 Å². The van der Waals surface area contributed by atoms with Crippen molar-refractivity contribution in [3.05, 3.63) is 66.3 Å². The van der Waals surface area contributed by atoms with Gasteiger partial charge in [-0.05, 0) is 24.3 Å². The first-order chi connectivity index (χ1) is 11.1. The van der Waals surface area contributed by atoms with E-state index in [0.717, 1.165) is 5.82 Å². The molecule has 0 unspecified atom stereocenters. The second-order valence-electron chi connectivity index (χ2n) is 4.92. The Morgan fingerprint density at radius 1 is 1.00 bits per heavy atom. The Labute approximate surface area is 132 Å². The Hall–Kier alpha value is -2.96. The number of nitrogens with one attached hydrogen (secondary N) is 2. The molecule has 1 heterocycles. The van der Waals surface area contributed by atoms with E-state index in [1.807, 2.05) is 12.1 Å². The molecule has 0 atom stereocenters. The van der Waals surface area contributed by atoms with Crippen molar-refractivity contribution < 1.29 is 8.78 Å². The number of para-hydroxylation sites is 3. The van der Waals surface area contributed by atoms with Crippen LogP contribution in [0.2, 0.25) is 0 Å². The molecule has 2 N–H and O–H groups in total. The zero-order valence-corrected chi connectivity index (χ0v) is 12.4. The topological polar surface area (TPSA) is 54.8 Å². The monoisotopic (exact) mass is 315 g/mol. The Morgan fingerprint density at radius 2 is 1.70 bits per heavy atom. The van der Waals surface area contributed by atoms with Crippen LogP contribution in [0.3, 0.4) is 0 Å². The highest BCUT2D eigenvalue weighted by atomic mass is 19.1. The van der Waals surface area contributed by atoms with Crippen molar-refractivity contribution >= 4 is 17.1 Å². The summed E-state index contributed by atoms with van der Waals surface area (Å²) in [5.41, 5.74) is 1.09. The number of nitrogens with zero attached hydrogens (tertiary/aromatic N) is 3. The highest BCUT2D eigenvalue weighted by Gasteiger charge is 2.11. The average molecular weight is 315 g/mol. The van der Waals surface area contributed by atoms with Gasteiger partial charge in [-0.1, -0.05) is 18.2 Å². The first kappa shape index (κ1) is 15.0.